The molecule has 2 heterocycles. The Morgan fingerprint density at radius 2 is 2.20 bits per heavy atom. The van der Waals surface area contributed by atoms with Crippen LogP contribution in [0.2, 0.25) is 0 Å². The lowest BCUT2D eigenvalue weighted by atomic mass is 9.98. The standard InChI is InChI=1S/C16H17N3O/c1-11-3-2-7-18-15(11)10-19-8-6-12-4-5-13(17)9-14(12)16(19)20/h2-5,7,9H,6,8,10,17H2,1H3. The number of nitrogen functional groups attached to an aromatic ring is 1. The minimum absolute atomic E-state index is 0.0450. The second-order valence-electron chi connectivity index (χ2n) is 5.16. The Morgan fingerprint density at radius 1 is 1.35 bits per heavy atom. The number of pyridine rings is 1. The fourth-order valence-corrected chi connectivity index (χ4v) is 2.55. The van der Waals surface area contributed by atoms with Gasteiger partial charge in [0.05, 0.1) is 12.2 Å². The molecule has 0 aliphatic carbocycles. The highest BCUT2D eigenvalue weighted by Gasteiger charge is 2.24. The number of aryl methyl sites for hydroxylation is 1. The van der Waals surface area contributed by atoms with E-state index in [-0.39, 0.29) is 5.91 Å². The molecule has 0 fully saturated rings. The van der Waals surface area contributed by atoms with Gasteiger partial charge in [0.15, 0.2) is 0 Å². The molecule has 1 aromatic heterocycles. The molecule has 2 N–H and O–H groups in total. The quantitative estimate of drug-likeness (QED) is 0.848. The Morgan fingerprint density at radius 3 is 3.00 bits per heavy atom. The van der Waals surface area contributed by atoms with E-state index in [1.807, 2.05) is 36.1 Å². The van der Waals surface area contributed by atoms with Crippen LogP contribution in [0.1, 0.15) is 27.2 Å². The second kappa shape index (κ2) is 4.96. The summed E-state index contributed by atoms with van der Waals surface area (Å²) in [6.07, 6.45) is 2.63. The van der Waals surface area contributed by atoms with Gasteiger partial charge in [0.25, 0.3) is 5.91 Å². The van der Waals surface area contributed by atoms with Gasteiger partial charge >= 0.3 is 0 Å². The predicted molar refractivity (Wildman–Crippen MR) is 78.3 cm³/mol. The molecule has 0 bridgehead atoms. The molecule has 0 atom stereocenters. The van der Waals surface area contributed by atoms with Gasteiger partial charge in [-0.15, -0.1) is 0 Å². The summed E-state index contributed by atoms with van der Waals surface area (Å²) in [6.45, 7) is 3.30. The maximum atomic E-state index is 12.5. The van der Waals surface area contributed by atoms with Crippen LogP contribution in [0.15, 0.2) is 36.5 Å². The minimum atomic E-state index is 0.0450. The van der Waals surface area contributed by atoms with Crippen LogP contribution in [0.3, 0.4) is 0 Å². The molecular weight excluding hydrogens is 250 g/mol. The lowest BCUT2D eigenvalue weighted by molar-refractivity contribution is 0.0724. The van der Waals surface area contributed by atoms with Crippen LogP contribution in [0.5, 0.6) is 0 Å². The van der Waals surface area contributed by atoms with Gasteiger partial charge < -0.3 is 10.6 Å². The van der Waals surface area contributed by atoms with Crippen LogP contribution in [0.25, 0.3) is 0 Å². The van der Waals surface area contributed by atoms with Crippen LogP contribution < -0.4 is 5.73 Å². The molecule has 4 nitrogen and oxygen atoms in total. The first-order chi connectivity index (χ1) is 9.65. The van der Waals surface area contributed by atoms with Crippen molar-refractivity contribution in [1.29, 1.82) is 0 Å². The topological polar surface area (TPSA) is 59.2 Å². The van der Waals surface area contributed by atoms with Crippen molar-refractivity contribution in [2.75, 3.05) is 12.3 Å². The van der Waals surface area contributed by atoms with E-state index in [4.69, 9.17) is 5.73 Å². The van der Waals surface area contributed by atoms with E-state index in [9.17, 15) is 4.79 Å². The van der Waals surface area contributed by atoms with Crippen molar-refractivity contribution in [2.45, 2.75) is 19.9 Å². The number of hydrogen-bond acceptors (Lipinski definition) is 3. The zero-order chi connectivity index (χ0) is 14.1. The lowest BCUT2D eigenvalue weighted by Gasteiger charge is -2.28. The van der Waals surface area contributed by atoms with Gasteiger partial charge in [-0.05, 0) is 42.7 Å². The SMILES string of the molecule is Cc1cccnc1CN1CCc2ccc(N)cc2C1=O. The predicted octanol–water partition coefficient (Wildman–Crippen LogP) is 2.17. The van der Waals surface area contributed by atoms with Crippen molar-refractivity contribution in [1.82, 2.24) is 9.88 Å². The molecule has 1 aromatic carbocycles. The Labute approximate surface area is 118 Å². The van der Waals surface area contributed by atoms with Gasteiger partial charge in [-0.1, -0.05) is 12.1 Å². The Hall–Kier alpha value is -2.36. The smallest absolute Gasteiger partial charge is 0.254 e. The summed E-state index contributed by atoms with van der Waals surface area (Å²) in [5.74, 6) is 0.0450. The number of benzene rings is 1. The summed E-state index contributed by atoms with van der Waals surface area (Å²) in [7, 11) is 0. The number of hydrogen-bond donors (Lipinski definition) is 1. The van der Waals surface area contributed by atoms with E-state index in [1.165, 1.54) is 0 Å². The fourth-order valence-electron chi connectivity index (χ4n) is 2.55. The maximum Gasteiger partial charge on any atom is 0.254 e. The van der Waals surface area contributed by atoms with E-state index in [0.29, 0.717) is 12.2 Å². The Kier molecular flexibility index (Phi) is 3.14. The van der Waals surface area contributed by atoms with Crippen LogP contribution in [-0.4, -0.2) is 22.3 Å². The highest BCUT2D eigenvalue weighted by molar-refractivity contribution is 5.97. The molecule has 1 amide bonds. The van der Waals surface area contributed by atoms with Gasteiger partial charge in [-0.2, -0.15) is 0 Å². The number of aromatic nitrogens is 1. The van der Waals surface area contributed by atoms with Crippen LogP contribution in [0.4, 0.5) is 5.69 Å². The molecule has 0 unspecified atom stereocenters. The molecule has 102 valence electrons. The summed E-state index contributed by atoms with van der Waals surface area (Å²) in [4.78, 5) is 18.7. The molecule has 0 radical (unpaired) electrons. The second-order valence-corrected chi connectivity index (χ2v) is 5.16. The van der Waals surface area contributed by atoms with E-state index >= 15 is 0 Å². The normalized spacial score (nSPS) is 14.2. The van der Waals surface area contributed by atoms with Gasteiger partial charge in [-0.25, -0.2) is 0 Å². The molecule has 0 saturated carbocycles. The van der Waals surface area contributed by atoms with E-state index < -0.39 is 0 Å². The molecule has 0 saturated heterocycles. The molecule has 20 heavy (non-hydrogen) atoms. The number of fused-ring (bicyclic) bond motifs is 1. The van der Waals surface area contributed by atoms with E-state index in [0.717, 1.165) is 35.3 Å². The first kappa shape index (κ1) is 12.7. The minimum Gasteiger partial charge on any atom is -0.399 e. The number of rotatable bonds is 2. The summed E-state index contributed by atoms with van der Waals surface area (Å²) in [5.41, 5.74) is 10.3. The molecular formula is C16H17N3O. The van der Waals surface area contributed by atoms with Crippen LogP contribution in [-0.2, 0) is 13.0 Å². The van der Waals surface area contributed by atoms with Crippen molar-refractivity contribution < 1.29 is 4.79 Å². The van der Waals surface area contributed by atoms with Gasteiger partial charge in [0.2, 0.25) is 0 Å². The third-order valence-corrected chi connectivity index (χ3v) is 3.76. The zero-order valence-electron chi connectivity index (χ0n) is 11.5. The highest BCUT2D eigenvalue weighted by Crippen LogP contribution is 2.22. The highest BCUT2D eigenvalue weighted by atomic mass is 16.2. The maximum absolute atomic E-state index is 12.5. The third kappa shape index (κ3) is 2.25. The average molecular weight is 267 g/mol. The number of nitrogens with zero attached hydrogens (tertiary/aromatic N) is 2. The number of carbonyl (C=O) groups excluding carboxylic acids is 1. The Balaban J connectivity index is 1.87. The third-order valence-electron chi connectivity index (χ3n) is 3.76. The number of amides is 1. The molecule has 4 heteroatoms. The summed E-state index contributed by atoms with van der Waals surface area (Å²) in [5, 5.41) is 0. The molecule has 1 aliphatic heterocycles. The van der Waals surface area contributed by atoms with Crippen molar-refractivity contribution in [3.05, 3.63) is 58.9 Å². The number of nitrogens with two attached hydrogens (primary N) is 1. The fraction of sp³-hybridized carbons (Fsp3) is 0.250. The van der Waals surface area contributed by atoms with Crippen molar-refractivity contribution in [2.24, 2.45) is 0 Å². The number of anilines is 1. The van der Waals surface area contributed by atoms with Crippen LogP contribution >= 0.6 is 0 Å². The molecule has 0 spiro atoms. The first-order valence-electron chi connectivity index (χ1n) is 6.73. The molecule has 1 aliphatic rings. The Bertz CT molecular complexity index is 667. The number of carbonyl (C=O) groups is 1. The summed E-state index contributed by atoms with van der Waals surface area (Å²) in [6, 6.07) is 9.50. The lowest BCUT2D eigenvalue weighted by Crippen LogP contribution is -2.37. The van der Waals surface area contributed by atoms with Gasteiger partial charge in [-0.3, -0.25) is 9.78 Å². The summed E-state index contributed by atoms with van der Waals surface area (Å²) < 4.78 is 0. The summed E-state index contributed by atoms with van der Waals surface area (Å²) >= 11 is 0. The van der Waals surface area contributed by atoms with Crippen LogP contribution in [0, 0.1) is 6.92 Å². The molecule has 2 aromatic rings. The van der Waals surface area contributed by atoms with E-state index in [2.05, 4.69) is 4.98 Å². The largest absolute Gasteiger partial charge is 0.399 e. The molecule has 3 rings (SSSR count). The zero-order valence-corrected chi connectivity index (χ0v) is 11.5. The first-order valence-corrected chi connectivity index (χ1v) is 6.73. The van der Waals surface area contributed by atoms with Crippen molar-refractivity contribution in [3.63, 3.8) is 0 Å². The monoisotopic (exact) mass is 267 g/mol. The van der Waals surface area contributed by atoms with Gasteiger partial charge in [0.1, 0.15) is 0 Å². The average Bonchev–Trinajstić information content (AvgIpc) is 2.45. The van der Waals surface area contributed by atoms with Crippen molar-refractivity contribution in [3.8, 4) is 0 Å². The van der Waals surface area contributed by atoms with E-state index in [1.54, 1.807) is 12.3 Å². The van der Waals surface area contributed by atoms with Crippen molar-refractivity contribution >= 4 is 11.6 Å². The van der Waals surface area contributed by atoms with Gasteiger partial charge in [0, 0.05) is 24.0 Å².